The lowest BCUT2D eigenvalue weighted by atomic mass is 9.87. The van der Waals surface area contributed by atoms with Crippen LogP contribution in [0.2, 0.25) is 0 Å². The Kier molecular flexibility index (Phi) is 7.34. The van der Waals surface area contributed by atoms with Gasteiger partial charge in [-0.3, -0.25) is 9.59 Å². The van der Waals surface area contributed by atoms with E-state index in [0.29, 0.717) is 31.1 Å². The third-order valence-electron chi connectivity index (χ3n) is 6.48. The molecule has 3 rings (SSSR count). The van der Waals surface area contributed by atoms with E-state index >= 15 is 0 Å². The Hall–Kier alpha value is -1.93. The first-order valence-electron chi connectivity index (χ1n) is 11.6. The van der Waals surface area contributed by atoms with E-state index in [1.807, 2.05) is 26.0 Å². The number of benzene rings is 1. The third-order valence-corrected chi connectivity index (χ3v) is 8.40. The highest BCUT2D eigenvalue weighted by molar-refractivity contribution is 7.89. The molecule has 1 aromatic carbocycles. The van der Waals surface area contributed by atoms with Gasteiger partial charge in [-0.15, -0.1) is 0 Å². The molecule has 7 nitrogen and oxygen atoms in total. The molecule has 2 aliphatic heterocycles. The molecule has 0 N–H and O–H groups in total. The second kappa shape index (κ2) is 9.51. The normalized spacial score (nSPS) is 21.1. The van der Waals surface area contributed by atoms with E-state index in [4.69, 9.17) is 0 Å². The van der Waals surface area contributed by atoms with Crippen molar-refractivity contribution in [1.82, 2.24) is 14.1 Å². The van der Waals surface area contributed by atoms with Gasteiger partial charge in [-0.1, -0.05) is 46.8 Å². The van der Waals surface area contributed by atoms with E-state index in [1.54, 1.807) is 21.9 Å². The zero-order valence-electron chi connectivity index (χ0n) is 20.0. The van der Waals surface area contributed by atoms with Crippen molar-refractivity contribution in [1.29, 1.82) is 0 Å². The Balaban J connectivity index is 1.60. The SMILES string of the molecule is CC(C)C(=O)N1CCC[C@@H](C(=O)N2CCN(S(=O)(=O)c3ccc(C(C)(C)C)cc3)CC2)C1. The number of piperazine rings is 1. The van der Waals surface area contributed by atoms with E-state index in [-0.39, 0.29) is 42.2 Å². The fourth-order valence-electron chi connectivity index (χ4n) is 4.43. The molecule has 178 valence electrons. The van der Waals surface area contributed by atoms with Gasteiger partial charge in [0.25, 0.3) is 0 Å². The van der Waals surface area contributed by atoms with Crippen molar-refractivity contribution in [2.75, 3.05) is 39.3 Å². The van der Waals surface area contributed by atoms with Crippen LogP contribution in [-0.4, -0.2) is 73.6 Å². The molecule has 2 heterocycles. The Bertz CT molecular complexity index is 927. The van der Waals surface area contributed by atoms with Crippen LogP contribution in [0.4, 0.5) is 0 Å². The molecule has 0 unspecified atom stereocenters. The van der Waals surface area contributed by atoms with Gasteiger partial charge >= 0.3 is 0 Å². The minimum Gasteiger partial charge on any atom is -0.342 e. The predicted octanol–water partition coefficient (Wildman–Crippen LogP) is 2.71. The van der Waals surface area contributed by atoms with Gasteiger partial charge in [-0.2, -0.15) is 4.31 Å². The van der Waals surface area contributed by atoms with Crippen LogP contribution in [-0.2, 0) is 25.0 Å². The predicted molar refractivity (Wildman–Crippen MR) is 125 cm³/mol. The standard InChI is InChI=1S/C24H37N3O4S/c1-18(2)22(28)26-12-6-7-19(17-26)23(29)25-13-15-27(16-14-25)32(30,31)21-10-8-20(9-11-21)24(3,4)5/h8-11,18-19H,6-7,12-17H2,1-5H3/t19-/m1/s1. The number of rotatable bonds is 4. The average molecular weight is 464 g/mol. The lowest BCUT2D eigenvalue weighted by molar-refractivity contribution is -0.143. The highest BCUT2D eigenvalue weighted by Gasteiger charge is 2.35. The molecule has 0 aliphatic carbocycles. The lowest BCUT2D eigenvalue weighted by Crippen LogP contribution is -2.54. The number of piperidine rings is 1. The van der Waals surface area contributed by atoms with Gasteiger partial charge in [0.15, 0.2) is 0 Å². The molecule has 0 bridgehead atoms. The molecule has 2 aliphatic rings. The molecule has 0 aromatic heterocycles. The van der Waals surface area contributed by atoms with Crippen LogP contribution in [0.25, 0.3) is 0 Å². The molecule has 2 amide bonds. The lowest BCUT2D eigenvalue weighted by Gasteiger charge is -2.39. The van der Waals surface area contributed by atoms with Crippen molar-refractivity contribution in [3.05, 3.63) is 29.8 Å². The zero-order chi connectivity index (χ0) is 23.7. The topological polar surface area (TPSA) is 78.0 Å². The van der Waals surface area contributed by atoms with Gasteiger partial charge in [-0.05, 0) is 36.0 Å². The van der Waals surface area contributed by atoms with Gasteiger partial charge in [0.05, 0.1) is 10.8 Å². The minimum absolute atomic E-state index is 0.0389. The van der Waals surface area contributed by atoms with Crippen LogP contribution >= 0.6 is 0 Å². The molecule has 0 radical (unpaired) electrons. The minimum atomic E-state index is -3.59. The van der Waals surface area contributed by atoms with Crippen LogP contribution in [0.3, 0.4) is 0 Å². The number of hydrogen-bond donors (Lipinski definition) is 0. The quantitative estimate of drug-likeness (QED) is 0.688. The van der Waals surface area contributed by atoms with Crippen molar-refractivity contribution in [3.63, 3.8) is 0 Å². The molecule has 2 saturated heterocycles. The summed E-state index contributed by atoms with van der Waals surface area (Å²) in [6.07, 6.45) is 1.60. The second-order valence-electron chi connectivity index (χ2n) is 10.3. The first-order valence-corrected chi connectivity index (χ1v) is 13.0. The maximum Gasteiger partial charge on any atom is 0.243 e. The van der Waals surface area contributed by atoms with Gasteiger partial charge in [0.1, 0.15) is 0 Å². The molecule has 1 atom stereocenters. The van der Waals surface area contributed by atoms with Crippen molar-refractivity contribution < 1.29 is 18.0 Å². The maximum absolute atomic E-state index is 13.1. The van der Waals surface area contributed by atoms with Crippen molar-refractivity contribution >= 4 is 21.8 Å². The molecule has 1 aromatic rings. The van der Waals surface area contributed by atoms with Crippen molar-refractivity contribution in [3.8, 4) is 0 Å². The van der Waals surface area contributed by atoms with Gasteiger partial charge in [-0.25, -0.2) is 8.42 Å². The van der Waals surface area contributed by atoms with Gasteiger partial charge < -0.3 is 9.80 Å². The maximum atomic E-state index is 13.1. The molecule has 2 fully saturated rings. The average Bonchev–Trinajstić information content (AvgIpc) is 2.77. The summed E-state index contributed by atoms with van der Waals surface area (Å²) in [6.45, 7) is 12.6. The number of likely N-dealkylation sites (tertiary alicyclic amines) is 1. The summed E-state index contributed by atoms with van der Waals surface area (Å²) in [4.78, 5) is 29.3. The summed E-state index contributed by atoms with van der Waals surface area (Å²) in [7, 11) is -3.59. The fraction of sp³-hybridized carbons (Fsp3) is 0.667. The highest BCUT2D eigenvalue weighted by Crippen LogP contribution is 2.26. The Labute approximate surface area is 192 Å². The summed E-state index contributed by atoms with van der Waals surface area (Å²) in [5, 5.41) is 0. The number of carbonyl (C=O) groups excluding carboxylic acids is 2. The van der Waals surface area contributed by atoms with Crippen molar-refractivity contribution in [2.24, 2.45) is 11.8 Å². The number of sulfonamides is 1. The van der Waals surface area contributed by atoms with Crippen LogP contribution in [0.15, 0.2) is 29.2 Å². The Morgan fingerprint density at radius 2 is 1.53 bits per heavy atom. The van der Waals surface area contributed by atoms with Crippen LogP contribution in [0, 0.1) is 11.8 Å². The summed E-state index contributed by atoms with van der Waals surface area (Å²) in [5.41, 5.74) is 1.05. The van der Waals surface area contributed by atoms with E-state index in [0.717, 1.165) is 18.4 Å². The molecular weight excluding hydrogens is 426 g/mol. The number of nitrogens with zero attached hydrogens (tertiary/aromatic N) is 3. The molecule has 32 heavy (non-hydrogen) atoms. The molecule has 0 saturated carbocycles. The first kappa shape index (κ1) is 24.7. The summed E-state index contributed by atoms with van der Waals surface area (Å²) >= 11 is 0. The van der Waals surface area contributed by atoms with Crippen LogP contribution < -0.4 is 0 Å². The summed E-state index contributed by atoms with van der Waals surface area (Å²) in [5.74, 6) is -0.136. The number of amides is 2. The summed E-state index contributed by atoms with van der Waals surface area (Å²) in [6, 6.07) is 7.10. The molecular formula is C24H37N3O4S. The number of carbonyl (C=O) groups is 2. The van der Waals surface area contributed by atoms with E-state index in [2.05, 4.69) is 20.8 Å². The smallest absolute Gasteiger partial charge is 0.243 e. The zero-order valence-corrected chi connectivity index (χ0v) is 20.8. The van der Waals surface area contributed by atoms with Crippen LogP contribution in [0.1, 0.15) is 53.0 Å². The van der Waals surface area contributed by atoms with Gasteiger partial charge in [0.2, 0.25) is 21.8 Å². The van der Waals surface area contributed by atoms with Gasteiger partial charge in [0, 0.05) is 45.2 Å². The van der Waals surface area contributed by atoms with E-state index < -0.39 is 10.0 Å². The largest absolute Gasteiger partial charge is 0.342 e. The second-order valence-corrected chi connectivity index (χ2v) is 12.2. The summed E-state index contributed by atoms with van der Waals surface area (Å²) < 4.78 is 27.6. The monoisotopic (exact) mass is 463 g/mol. The Morgan fingerprint density at radius 3 is 2.06 bits per heavy atom. The van der Waals surface area contributed by atoms with E-state index in [1.165, 1.54) is 4.31 Å². The van der Waals surface area contributed by atoms with Crippen molar-refractivity contribution in [2.45, 2.75) is 57.8 Å². The van der Waals surface area contributed by atoms with Crippen LogP contribution in [0.5, 0.6) is 0 Å². The third kappa shape index (κ3) is 5.34. The number of hydrogen-bond acceptors (Lipinski definition) is 4. The molecule has 8 heteroatoms. The molecule has 0 spiro atoms. The Morgan fingerprint density at radius 1 is 0.938 bits per heavy atom. The fourth-order valence-corrected chi connectivity index (χ4v) is 5.85. The first-order chi connectivity index (χ1) is 14.9. The van der Waals surface area contributed by atoms with E-state index in [9.17, 15) is 18.0 Å². The highest BCUT2D eigenvalue weighted by atomic mass is 32.2.